The van der Waals surface area contributed by atoms with Gasteiger partial charge in [0.1, 0.15) is 6.54 Å². The van der Waals surface area contributed by atoms with E-state index in [-0.39, 0.29) is 24.1 Å². The molecule has 33 heavy (non-hydrogen) atoms. The Hall–Kier alpha value is -3.73. The van der Waals surface area contributed by atoms with Crippen molar-refractivity contribution in [1.29, 1.82) is 0 Å². The van der Waals surface area contributed by atoms with E-state index in [4.69, 9.17) is 5.10 Å². The van der Waals surface area contributed by atoms with Gasteiger partial charge in [-0.25, -0.2) is 4.68 Å². The molecule has 0 saturated heterocycles. The fraction of sp³-hybridized carbons (Fsp3) is 0.250. The van der Waals surface area contributed by atoms with Gasteiger partial charge in [-0.2, -0.15) is 5.10 Å². The summed E-state index contributed by atoms with van der Waals surface area (Å²) in [7, 11) is 0. The summed E-state index contributed by atoms with van der Waals surface area (Å²) in [5.74, 6) is -0.200. The number of amides is 1. The average Bonchev–Trinajstić information content (AvgIpc) is 2.83. The molecular formula is C28H27N3O2. The van der Waals surface area contributed by atoms with Gasteiger partial charge < -0.3 is 5.32 Å². The van der Waals surface area contributed by atoms with Gasteiger partial charge in [-0.15, -0.1) is 0 Å². The lowest BCUT2D eigenvalue weighted by Crippen LogP contribution is -2.37. The van der Waals surface area contributed by atoms with E-state index in [2.05, 4.69) is 35.6 Å². The van der Waals surface area contributed by atoms with E-state index in [1.807, 2.05) is 44.2 Å². The highest BCUT2D eigenvalue weighted by Crippen LogP contribution is 2.30. The Bertz CT molecular complexity index is 1420. The lowest BCUT2D eigenvalue weighted by atomic mass is 9.88. The van der Waals surface area contributed by atoms with Gasteiger partial charge in [0.05, 0.1) is 17.1 Å². The number of benzene rings is 3. The maximum absolute atomic E-state index is 13.2. The highest BCUT2D eigenvalue weighted by Gasteiger charge is 2.22. The summed E-state index contributed by atoms with van der Waals surface area (Å²) in [6, 6.07) is 21.9. The molecule has 5 nitrogen and oxygen atoms in total. The van der Waals surface area contributed by atoms with Crippen LogP contribution in [-0.4, -0.2) is 15.7 Å². The normalized spacial score (nSPS) is 15.3. The second-order valence-electron chi connectivity index (χ2n) is 8.89. The largest absolute Gasteiger partial charge is 0.348 e. The fourth-order valence-corrected chi connectivity index (χ4v) is 4.81. The van der Waals surface area contributed by atoms with Gasteiger partial charge in [-0.3, -0.25) is 9.59 Å². The summed E-state index contributed by atoms with van der Waals surface area (Å²) >= 11 is 0. The monoisotopic (exact) mass is 437 g/mol. The first-order chi connectivity index (χ1) is 16.0. The quantitative estimate of drug-likeness (QED) is 0.495. The van der Waals surface area contributed by atoms with Gasteiger partial charge in [0, 0.05) is 10.9 Å². The zero-order chi connectivity index (χ0) is 22.9. The predicted molar refractivity (Wildman–Crippen MR) is 131 cm³/mol. The SMILES string of the molecule is Cc1ccc(C)c(-c2nn(CC(=O)N[C@H]3CCCc4ccccc43)c(=O)c3ccccc23)c1. The van der Waals surface area contributed by atoms with Crippen molar-refractivity contribution in [1.82, 2.24) is 15.1 Å². The summed E-state index contributed by atoms with van der Waals surface area (Å²) in [6.07, 6.45) is 2.97. The van der Waals surface area contributed by atoms with Crippen LogP contribution in [0.15, 0.2) is 71.5 Å². The number of aryl methyl sites for hydroxylation is 3. The van der Waals surface area contributed by atoms with E-state index in [1.165, 1.54) is 15.8 Å². The van der Waals surface area contributed by atoms with Crippen LogP contribution in [0.3, 0.4) is 0 Å². The molecule has 1 atom stereocenters. The molecule has 5 heteroatoms. The second-order valence-corrected chi connectivity index (χ2v) is 8.89. The number of hydrogen-bond acceptors (Lipinski definition) is 3. The number of carbonyl (C=O) groups excluding carboxylic acids is 1. The van der Waals surface area contributed by atoms with Crippen LogP contribution in [0.25, 0.3) is 22.0 Å². The first-order valence-electron chi connectivity index (χ1n) is 11.5. The summed E-state index contributed by atoms with van der Waals surface area (Å²) in [6.45, 7) is 3.96. The molecule has 1 aliphatic carbocycles. The van der Waals surface area contributed by atoms with Crippen molar-refractivity contribution in [2.75, 3.05) is 0 Å². The molecule has 3 aromatic carbocycles. The Morgan fingerprint density at radius 3 is 2.64 bits per heavy atom. The number of nitrogens with one attached hydrogen (secondary N) is 1. The predicted octanol–water partition coefficient (Wildman–Crippen LogP) is 4.87. The highest BCUT2D eigenvalue weighted by molar-refractivity contribution is 5.94. The number of fused-ring (bicyclic) bond motifs is 2. The van der Waals surface area contributed by atoms with E-state index >= 15 is 0 Å². The molecule has 1 aliphatic rings. The van der Waals surface area contributed by atoms with Crippen molar-refractivity contribution in [3.63, 3.8) is 0 Å². The van der Waals surface area contributed by atoms with E-state index in [0.29, 0.717) is 5.39 Å². The van der Waals surface area contributed by atoms with Crippen LogP contribution >= 0.6 is 0 Å². The van der Waals surface area contributed by atoms with E-state index in [9.17, 15) is 9.59 Å². The summed E-state index contributed by atoms with van der Waals surface area (Å²) in [4.78, 5) is 26.2. The van der Waals surface area contributed by atoms with Crippen LogP contribution in [0.1, 0.15) is 41.1 Å². The summed E-state index contributed by atoms with van der Waals surface area (Å²) in [5.41, 5.74) is 6.10. The number of carbonyl (C=O) groups is 1. The molecule has 1 amide bonds. The molecule has 0 unspecified atom stereocenters. The third kappa shape index (κ3) is 4.07. The van der Waals surface area contributed by atoms with Gasteiger partial charge in [-0.05, 0) is 61.9 Å². The minimum Gasteiger partial charge on any atom is -0.348 e. The van der Waals surface area contributed by atoms with Crippen LogP contribution in [0.2, 0.25) is 0 Å². The third-order valence-electron chi connectivity index (χ3n) is 6.51. The van der Waals surface area contributed by atoms with Gasteiger partial charge in [0.25, 0.3) is 5.56 Å². The minimum atomic E-state index is -0.251. The molecule has 1 aromatic heterocycles. The molecule has 0 aliphatic heterocycles. The Morgan fingerprint density at radius 1 is 1.03 bits per heavy atom. The first kappa shape index (κ1) is 21.1. The molecule has 166 valence electrons. The molecule has 5 rings (SSSR count). The minimum absolute atomic E-state index is 0.0305. The van der Waals surface area contributed by atoms with Crippen LogP contribution < -0.4 is 10.9 Å². The van der Waals surface area contributed by atoms with E-state index < -0.39 is 0 Å². The molecule has 1 N–H and O–H groups in total. The molecule has 4 aromatic rings. The lowest BCUT2D eigenvalue weighted by molar-refractivity contribution is -0.122. The molecule has 0 radical (unpaired) electrons. The van der Waals surface area contributed by atoms with Gasteiger partial charge in [0.15, 0.2) is 0 Å². The average molecular weight is 438 g/mol. The van der Waals surface area contributed by atoms with Crippen molar-refractivity contribution in [3.8, 4) is 11.3 Å². The van der Waals surface area contributed by atoms with Crippen LogP contribution in [0, 0.1) is 13.8 Å². The van der Waals surface area contributed by atoms with Crippen molar-refractivity contribution >= 4 is 16.7 Å². The number of hydrogen-bond donors (Lipinski definition) is 1. The summed E-state index contributed by atoms with van der Waals surface area (Å²) < 4.78 is 1.31. The number of rotatable bonds is 4. The molecule has 0 bridgehead atoms. The van der Waals surface area contributed by atoms with Crippen LogP contribution in [-0.2, 0) is 17.8 Å². The second kappa shape index (κ2) is 8.66. The highest BCUT2D eigenvalue weighted by atomic mass is 16.2. The van der Waals surface area contributed by atoms with Gasteiger partial charge >= 0.3 is 0 Å². The molecule has 0 fully saturated rings. The maximum atomic E-state index is 13.2. The van der Waals surface area contributed by atoms with Gasteiger partial charge in [-0.1, -0.05) is 60.2 Å². The van der Waals surface area contributed by atoms with Crippen LogP contribution in [0.4, 0.5) is 0 Å². The number of aromatic nitrogens is 2. The first-order valence-corrected chi connectivity index (χ1v) is 11.5. The molecule has 1 heterocycles. The molecule has 0 spiro atoms. The van der Waals surface area contributed by atoms with E-state index in [1.54, 1.807) is 6.07 Å². The van der Waals surface area contributed by atoms with Crippen molar-refractivity contribution in [2.45, 2.75) is 45.7 Å². The Balaban J connectivity index is 1.52. The standard InChI is InChI=1S/C28H27N3O2/c1-18-14-15-19(2)24(16-18)27-22-11-5-6-12-23(22)28(33)31(30-27)17-26(32)29-25-13-7-9-20-8-3-4-10-21(20)25/h3-6,8,10-12,14-16,25H,7,9,13,17H2,1-2H3,(H,29,32)/t25-/m0/s1. The Kier molecular flexibility index (Phi) is 5.55. The number of nitrogens with zero attached hydrogens (tertiary/aromatic N) is 2. The zero-order valence-electron chi connectivity index (χ0n) is 19.0. The van der Waals surface area contributed by atoms with Gasteiger partial charge in [0.2, 0.25) is 5.91 Å². The van der Waals surface area contributed by atoms with Crippen molar-refractivity contribution < 1.29 is 4.79 Å². The molecule has 0 saturated carbocycles. The fourth-order valence-electron chi connectivity index (χ4n) is 4.81. The Morgan fingerprint density at radius 2 is 1.79 bits per heavy atom. The van der Waals surface area contributed by atoms with Crippen molar-refractivity contribution in [3.05, 3.63) is 99.3 Å². The maximum Gasteiger partial charge on any atom is 0.275 e. The van der Waals surface area contributed by atoms with Crippen LogP contribution in [0.5, 0.6) is 0 Å². The topological polar surface area (TPSA) is 64.0 Å². The lowest BCUT2D eigenvalue weighted by Gasteiger charge is -2.26. The smallest absolute Gasteiger partial charge is 0.275 e. The van der Waals surface area contributed by atoms with E-state index in [0.717, 1.165) is 47.0 Å². The zero-order valence-corrected chi connectivity index (χ0v) is 19.0. The summed E-state index contributed by atoms with van der Waals surface area (Å²) in [5, 5.41) is 9.20. The molecular weight excluding hydrogens is 410 g/mol. The Labute approximate surface area is 193 Å². The van der Waals surface area contributed by atoms with Crippen molar-refractivity contribution in [2.24, 2.45) is 0 Å². The third-order valence-corrected chi connectivity index (χ3v) is 6.51.